The van der Waals surface area contributed by atoms with Gasteiger partial charge in [-0.2, -0.15) is 0 Å². The number of aromatic nitrogens is 2. The lowest BCUT2D eigenvalue weighted by Crippen LogP contribution is -2.54. The van der Waals surface area contributed by atoms with Crippen molar-refractivity contribution >= 4 is 52.1 Å². The summed E-state index contributed by atoms with van der Waals surface area (Å²) in [7, 11) is 1.51. The molecule has 1 aliphatic heterocycles. The van der Waals surface area contributed by atoms with E-state index >= 15 is 0 Å². The topological polar surface area (TPSA) is 169 Å². The number of amides is 2. The summed E-state index contributed by atoms with van der Waals surface area (Å²) in [5.41, 5.74) is -0.760. The number of nitrogens with zero attached hydrogens (tertiary/aromatic N) is 3. The van der Waals surface area contributed by atoms with Crippen molar-refractivity contribution in [2.24, 2.45) is 29.1 Å². The van der Waals surface area contributed by atoms with Crippen LogP contribution in [0.3, 0.4) is 0 Å². The molecule has 57 heavy (non-hydrogen) atoms. The third kappa shape index (κ3) is 8.26. The summed E-state index contributed by atoms with van der Waals surface area (Å²) in [6.45, 7) is 13.4. The first-order chi connectivity index (χ1) is 27.0. The lowest BCUT2D eigenvalue weighted by molar-refractivity contribution is -0.157. The Kier molecular flexibility index (Phi) is 10.9. The minimum Gasteiger partial charge on any atom is -0.495 e. The van der Waals surface area contributed by atoms with E-state index in [1.165, 1.54) is 24.5 Å². The van der Waals surface area contributed by atoms with Crippen molar-refractivity contribution < 1.29 is 38.5 Å². The first-order valence-electron chi connectivity index (χ1n) is 19.8. The van der Waals surface area contributed by atoms with Crippen LogP contribution in [0.4, 0.5) is 5.82 Å². The van der Waals surface area contributed by atoms with Gasteiger partial charge in [-0.25, -0.2) is 14.8 Å². The maximum Gasteiger partial charge on any atom is 0.330 e. The number of benzene rings is 1. The minimum absolute atomic E-state index is 0.00935. The maximum atomic E-state index is 14.7. The highest BCUT2D eigenvalue weighted by Crippen LogP contribution is 2.53. The van der Waals surface area contributed by atoms with E-state index in [1.807, 2.05) is 52.8 Å². The number of pyridine rings is 2. The fraction of sp³-hybridized carbons (Fsp3) is 0.535. The summed E-state index contributed by atoms with van der Waals surface area (Å²) < 4.78 is 18.1. The van der Waals surface area contributed by atoms with Crippen molar-refractivity contribution in [3.63, 3.8) is 0 Å². The van der Waals surface area contributed by atoms with E-state index in [9.17, 15) is 24.3 Å². The number of anilines is 1. The highest BCUT2D eigenvalue weighted by molar-refractivity contribution is 6.36. The van der Waals surface area contributed by atoms with Crippen molar-refractivity contribution in [2.75, 3.05) is 19.0 Å². The number of likely N-dealkylation sites (tertiary alicyclic amines) is 1. The zero-order valence-electron chi connectivity index (χ0n) is 33.3. The predicted octanol–water partition coefficient (Wildman–Crippen LogP) is 6.67. The Hall–Kier alpha value is -4.91. The number of aliphatic carboxylic acids is 1. The van der Waals surface area contributed by atoms with Gasteiger partial charge in [0.1, 0.15) is 46.1 Å². The van der Waals surface area contributed by atoms with Gasteiger partial charge in [0, 0.05) is 29.8 Å². The van der Waals surface area contributed by atoms with Gasteiger partial charge in [-0.05, 0) is 81.0 Å². The second kappa shape index (κ2) is 15.4. The normalized spacial score (nSPS) is 26.7. The first-order valence-corrected chi connectivity index (χ1v) is 20.1. The van der Waals surface area contributed by atoms with Crippen LogP contribution in [-0.2, 0) is 23.9 Å². The molecular weight excluding hydrogens is 750 g/mol. The van der Waals surface area contributed by atoms with Gasteiger partial charge in [-0.1, -0.05) is 44.5 Å². The third-order valence-electron chi connectivity index (χ3n) is 11.9. The number of fused-ring (bicyclic) bond motifs is 2. The number of hydrogen-bond acceptors (Lipinski definition) is 10. The Balaban J connectivity index is 1.21. The number of halogens is 1. The predicted molar refractivity (Wildman–Crippen MR) is 215 cm³/mol. The maximum absolute atomic E-state index is 14.7. The molecule has 1 aromatic carbocycles. The Morgan fingerprint density at radius 1 is 1.04 bits per heavy atom. The second-order valence-corrected chi connectivity index (χ2v) is 17.8. The zero-order valence-corrected chi connectivity index (χ0v) is 34.1. The summed E-state index contributed by atoms with van der Waals surface area (Å²) in [6, 6.07) is 9.86. The van der Waals surface area contributed by atoms with Crippen molar-refractivity contribution in [2.45, 2.75) is 103 Å². The molecule has 13 nitrogen and oxygen atoms in total. The van der Waals surface area contributed by atoms with E-state index in [1.54, 1.807) is 18.2 Å². The van der Waals surface area contributed by atoms with E-state index in [4.69, 9.17) is 35.8 Å². The number of rotatable bonds is 14. The summed E-state index contributed by atoms with van der Waals surface area (Å²) in [5.74, 6) is -1.21. The molecule has 1 unspecified atom stereocenters. The summed E-state index contributed by atoms with van der Waals surface area (Å²) >= 11 is 6.84. The molecule has 3 N–H and O–H groups in total. The molecule has 3 saturated carbocycles. The highest BCUT2D eigenvalue weighted by Gasteiger charge is 2.61. The van der Waals surface area contributed by atoms with Crippen LogP contribution in [0.15, 0.2) is 49.1 Å². The number of carboxylic acid groups (broad SMARTS) is 1. The number of ether oxygens (including phenoxy) is 3. The van der Waals surface area contributed by atoms with Crippen LogP contribution in [0.25, 0.3) is 22.3 Å². The highest BCUT2D eigenvalue weighted by atomic mass is 35.5. The van der Waals surface area contributed by atoms with Gasteiger partial charge in [-0.15, -0.1) is 6.58 Å². The average Bonchev–Trinajstić information content (AvgIpc) is 3.96. The van der Waals surface area contributed by atoms with Gasteiger partial charge in [0.15, 0.2) is 0 Å². The Morgan fingerprint density at radius 2 is 1.77 bits per heavy atom. The number of nitrogens with one attached hydrogen (secondary N) is 2. The van der Waals surface area contributed by atoms with Gasteiger partial charge in [0.2, 0.25) is 11.8 Å². The SMILES string of the molecule is C=C[C@@H]1C[C@]1(NC(=O)[C@@H]1C[C@@H](Oc2cc(-c3cccc(NC(C)C)n3)nc3c(Cl)c(OC)ccc23)CN1C(=O)[C@@H](CC(=O)OC1C[C@@H]2C[C@@H]2C1)C(C)(C)C)C(=O)O. The molecule has 3 aliphatic carbocycles. The molecule has 0 radical (unpaired) electrons. The van der Waals surface area contributed by atoms with Crippen molar-refractivity contribution in [3.8, 4) is 22.9 Å². The third-order valence-corrected chi connectivity index (χ3v) is 12.3. The summed E-state index contributed by atoms with van der Waals surface area (Å²) in [5, 5.41) is 17.0. The van der Waals surface area contributed by atoms with Crippen LogP contribution in [0, 0.1) is 29.1 Å². The van der Waals surface area contributed by atoms with Crippen molar-refractivity contribution in [1.29, 1.82) is 0 Å². The number of carbonyl (C=O) groups excluding carboxylic acids is 3. The van der Waals surface area contributed by atoms with Crippen LogP contribution in [-0.4, -0.2) is 87.2 Å². The molecule has 2 aromatic heterocycles. The molecule has 4 fully saturated rings. The van der Waals surface area contributed by atoms with E-state index in [-0.39, 0.29) is 43.0 Å². The number of carbonyl (C=O) groups is 4. The van der Waals surface area contributed by atoms with Crippen molar-refractivity contribution in [1.82, 2.24) is 20.2 Å². The molecule has 8 atom stereocenters. The Morgan fingerprint density at radius 3 is 2.40 bits per heavy atom. The number of methoxy groups -OCH3 is 1. The van der Waals surface area contributed by atoms with E-state index in [0.717, 1.165) is 12.8 Å². The number of carboxylic acids is 1. The molecule has 7 rings (SSSR count). The molecule has 1 saturated heterocycles. The fourth-order valence-electron chi connectivity index (χ4n) is 8.54. The molecular formula is C43H52ClN5O8. The standard InChI is InChI=1S/C43H52ClN5O8/c1-8-25-20-43(25,41(53)54)48-39(51)32-17-27(21-49(32)40(52)29(42(4,5)6)18-36(50)57-26-15-23-14-24(23)16-26)56-34-19-31(30-10-9-11-35(46-30)45-22(2)3)47-38-28(34)12-13-33(55-7)37(38)44/h8-13,19,22-27,29,32H,1,14-18,20-21H2,2-7H3,(H,45,46)(H,48,51)(H,53,54)/t23-,24+,25-,26?,27-,29-,32+,43-/m1/s1. The Labute approximate surface area is 337 Å². The van der Waals surface area contributed by atoms with Crippen LogP contribution >= 0.6 is 11.6 Å². The lowest BCUT2D eigenvalue weighted by atomic mass is 9.77. The molecule has 304 valence electrons. The quantitative estimate of drug-likeness (QED) is 0.118. The molecule has 0 bridgehead atoms. The van der Waals surface area contributed by atoms with E-state index in [2.05, 4.69) is 17.2 Å². The number of esters is 1. The first kappa shape index (κ1) is 40.3. The molecule has 3 heterocycles. The van der Waals surface area contributed by atoms with Crippen LogP contribution in [0.2, 0.25) is 5.02 Å². The molecule has 0 spiro atoms. The summed E-state index contributed by atoms with van der Waals surface area (Å²) in [4.78, 5) is 65.8. The smallest absolute Gasteiger partial charge is 0.330 e. The largest absolute Gasteiger partial charge is 0.495 e. The van der Waals surface area contributed by atoms with Gasteiger partial charge >= 0.3 is 11.9 Å². The average molecular weight is 802 g/mol. The van der Waals surface area contributed by atoms with E-state index < -0.39 is 58.7 Å². The van der Waals surface area contributed by atoms with Crippen LogP contribution in [0.1, 0.15) is 73.1 Å². The minimum atomic E-state index is -1.51. The summed E-state index contributed by atoms with van der Waals surface area (Å²) in [6.07, 6.45) is 3.64. The van der Waals surface area contributed by atoms with Gasteiger partial charge in [-0.3, -0.25) is 14.4 Å². The van der Waals surface area contributed by atoms with Crippen molar-refractivity contribution in [3.05, 3.63) is 54.1 Å². The van der Waals surface area contributed by atoms with Gasteiger partial charge in [0.05, 0.1) is 42.9 Å². The zero-order chi connectivity index (χ0) is 41.0. The molecule has 2 amide bonds. The molecule has 4 aliphatic rings. The van der Waals surface area contributed by atoms with Crippen LogP contribution in [0.5, 0.6) is 11.5 Å². The lowest BCUT2D eigenvalue weighted by Gasteiger charge is -2.35. The monoisotopic (exact) mass is 801 g/mol. The number of hydrogen-bond donors (Lipinski definition) is 3. The van der Waals surface area contributed by atoms with Gasteiger partial charge < -0.3 is 34.9 Å². The molecule has 3 aromatic rings. The van der Waals surface area contributed by atoms with E-state index in [0.29, 0.717) is 51.4 Å². The Bertz CT molecular complexity index is 2090. The fourth-order valence-corrected chi connectivity index (χ4v) is 8.83. The molecule has 14 heteroatoms. The van der Waals surface area contributed by atoms with Crippen LogP contribution < -0.4 is 20.1 Å². The second-order valence-electron chi connectivity index (χ2n) is 17.4. The van der Waals surface area contributed by atoms with Gasteiger partial charge in [0.25, 0.3) is 0 Å².